The lowest BCUT2D eigenvalue weighted by Crippen LogP contribution is -2.06. The zero-order chi connectivity index (χ0) is 15.8. The maximum absolute atomic E-state index is 4.48. The van der Waals surface area contributed by atoms with Crippen molar-refractivity contribution in [2.75, 3.05) is 0 Å². The van der Waals surface area contributed by atoms with E-state index in [9.17, 15) is 0 Å². The van der Waals surface area contributed by atoms with Gasteiger partial charge in [-0.15, -0.1) is 6.58 Å². The first-order valence-corrected chi connectivity index (χ1v) is 7.24. The molecule has 1 aliphatic rings. The van der Waals surface area contributed by atoms with Gasteiger partial charge in [0.2, 0.25) is 0 Å². The van der Waals surface area contributed by atoms with Gasteiger partial charge in [-0.3, -0.25) is 4.99 Å². The van der Waals surface area contributed by atoms with Crippen LogP contribution in [0, 0.1) is 10.8 Å². The maximum Gasteiger partial charge on any atom is 0.0667 e. The van der Waals surface area contributed by atoms with E-state index < -0.39 is 0 Å². The predicted molar refractivity (Wildman–Crippen MR) is 93.1 cm³/mol. The fourth-order valence-electron chi connectivity index (χ4n) is 1.71. The van der Waals surface area contributed by atoms with E-state index in [0.29, 0.717) is 0 Å². The van der Waals surface area contributed by atoms with Crippen molar-refractivity contribution in [3.05, 3.63) is 60.9 Å². The SMILES string of the molecule is C=C/C(=C\C(C)(C)C=C)C1=CC(C)(C)C=CC=N1.CC. The van der Waals surface area contributed by atoms with Crippen LogP contribution in [0.25, 0.3) is 0 Å². The molecule has 0 N–H and O–H groups in total. The van der Waals surface area contributed by atoms with E-state index in [-0.39, 0.29) is 10.8 Å². The van der Waals surface area contributed by atoms with Crippen LogP contribution in [0.15, 0.2) is 65.9 Å². The molecule has 0 atom stereocenters. The zero-order valence-corrected chi connectivity index (χ0v) is 13.9. The summed E-state index contributed by atoms with van der Waals surface area (Å²) < 4.78 is 0. The van der Waals surface area contributed by atoms with Crippen LogP contribution in [0.4, 0.5) is 0 Å². The quantitative estimate of drug-likeness (QED) is 0.446. The molecule has 0 saturated carbocycles. The van der Waals surface area contributed by atoms with E-state index in [0.717, 1.165) is 11.3 Å². The number of hydrogen-bond acceptors (Lipinski definition) is 1. The largest absolute Gasteiger partial charge is 0.257 e. The molecule has 1 rings (SSSR count). The average Bonchev–Trinajstić information content (AvgIpc) is 2.59. The van der Waals surface area contributed by atoms with Crippen LogP contribution < -0.4 is 0 Å². The lowest BCUT2D eigenvalue weighted by atomic mass is 9.87. The Morgan fingerprint density at radius 2 is 1.85 bits per heavy atom. The van der Waals surface area contributed by atoms with Crippen LogP contribution in [0.1, 0.15) is 41.5 Å². The fraction of sp³-hybridized carbons (Fsp3) is 0.421. The van der Waals surface area contributed by atoms with Crippen LogP contribution in [0.2, 0.25) is 0 Å². The van der Waals surface area contributed by atoms with Gasteiger partial charge in [0.15, 0.2) is 0 Å². The molecular weight excluding hydrogens is 242 g/mol. The van der Waals surface area contributed by atoms with E-state index in [2.05, 4.69) is 64.1 Å². The third-order valence-electron chi connectivity index (χ3n) is 2.90. The average molecular weight is 271 g/mol. The molecule has 1 heteroatoms. The highest BCUT2D eigenvalue weighted by atomic mass is 14.7. The van der Waals surface area contributed by atoms with Crippen LogP contribution in [0.3, 0.4) is 0 Å². The Bertz CT molecular complexity index is 454. The van der Waals surface area contributed by atoms with Crippen LogP contribution >= 0.6 is 0 Å². The Hall–Kier alpha value is -1.63. The summed E-state index contributed by atoms with van der Waals surface area (Å²) in [6.45, 7) is 20.3. The van der Waals surface area contributed by atoms with Gasteiger partial charge in [-0.25, -0.2) is 0 Å². The number of allylic oxidation sites excluding steroid dienone is 6. The highest BCUT2D eigenvalue weighted by molar-refractivity contribution is 5.74. The first-order chi connectivity index (χ1) is 9.29. The molecule has 0 unspecified atom stereocenters. The molecule has 110 valence electrons. The van der Waals surface area contributed by atoms with Crippen molar-refractivity contribution >= 4 is 6.21 Å². The third kappa shape index (κ3) is 6.01. The van der Waals surface area contributed by atoms with Gasteiger partial charge in [0.1, 0.15) is 0 Å². The number of rotatable bonds is 4. The molecule has 0 aromatic heterocycles. The summed E-state index contributed by atoms with van der Waals surface area (Å²) in [4.78, 5) is 4.48. The van der Waals surface area contributed by atoms with Crippen molar-refractivity contribution in [1.29, 1.82) is 0 Å². The second kappa shape index (κ2) is 7.84. The van der Waals surface area contributed by atoms with E-state index in [1.807, 2.05) is 38.3 Å². The van der Waals surface area contributed by atoms with Crippen molar-refractivity contribution in [3.63, 3.8) is 0 Å². The van der Waals surface area contributed by atoms with E-state index in [4.69, 9.17) is 0 Å². The Morgan fingerprint density at radius 1 is 1.25 bits per heavy atom. The molecule has 0 fully saturated rings. The molecule has 0 bridgehead atoms. The number of hydrogen-bond donors (Lipinski definition) is 0. The minimum atomic E-state index is -0.0657. The molecule has 20 heavy (non-hydrogen) atoms. The summed E-state index contributed by atoms with van der Waals surface area (Å²) in [7, 11) is 0. The Balaban J connectivity index is 0.00000172. The van der Waals surface area contributed by atoms with Crippen molar-refractivity contribution in [3.8, 4) is 0 Å². The van der Waals surface area contributed by atoms with Gasteiger partial charge in [0.05, 0.1) is 5.70 Å². The van der Waals surface area contributed by atoms with Gasteiger partial charge >= 0.3 is 0 Å². The van der Waals surface area contributed by atoms with Crippen molar-refractivity contribution in [2.24, 2.45) is 15.8 Å². The van der Waals surface area contributed by atoms with Crippen molar-refractivity contribution in [1.82, 2.24) is 0 Å². The lowest BCUT2D eigenvalue weighted by Gasteiger charge is -2.18. The van der Waals surface area contributed by atoms with E-state index >= 15 is 0 Å². The van der Waals surface area contributed by atoms with E-state index in [1.165, 1.54) is 0 Å². The van der Waals surface area contributed by atoms with Gasteiger partial charge in [0, 0.05) is 17.0 Å². The highest BCUT2D eigenvalue weighted by Crippen LogP contribution is 2.29. The highest BCUT2D eigenvalue weighted by Gasteiger charge is 2.16. The predicted octanol–water partition coefficient (Wildman–Crippen LogP) is 5.89. The summed E-state index contributed by atoms with van der Waals surface area (Å²) in [6.07, 6.45) is 14.1. The van der Waals surface area contributed by atoms with Crippen LogP contribution in [-0.4, -0.2) is 6.21 Å². The molecule has 0 saturated heterocycles. The lowest BCUT2D eigenvalue weighted by molar-refractivity contribution is 0.616. The first kappa shape index (κ1) is 18.4. The topological polar surface area (TPSA) is 12.4 Å². The summed E-state index contributed by atoms with van der Waals surface area (Å²) >= 11 is 0. The van der Waals surface area contributed by atoms with Gasteiger partial charge < -0.3 is 0 Å². The number of nitrogens with zero attached hydrogens (tertiary/aromatic N) is 1. The van der Waals surface area contributed by atoms with E-state index in [1.54, 1.807) is 0 Å². The molecule has 0 spiro atoms. The third-order valence-corrected chi connectivity index (χ3v) is 2.90. The minimum Gasteiger partial charge on any atom is -0.257 e. The smallest absolute Gasteiger partial charge is 0.0667 e. The molecule has 0 radical (unpaired) electrons. The Kier molecular flexibility index (Phi) is 7.20. The summed E-state index contributed by atoms with van der Waals surface area (Å²) in [5.74, 6) is 0. The summed E-state index contributed by atoms with van der Waals surface area (Å²) in [5, 5.41) is 0. The summed E-state index contributed by atoms with van der Waals surface area (Å²) in [6, 6.07) is 0. The Labute approximate surface area is 125 Å². The fourth-order valence-corrected chi connectivity index (χ4v) is 1.71. The molecule has 1 aliphatic heterocycles. The maximum atomic E-state index is 4.48. The second-order valence-corrected chi connectivity index (χ2v) is 5.82. The second-order valence-electron chi connectivity index (χ2n) is 5.82. The number of aliphatic imine (C=N–C) groups is 1. The van der Waals surface area contributed by atoms with Crippen LogP contribution in [0.5, 0.6) is 0 Å². The van der Waals surface area contributed by atoms with Gasteiger partial charge in [-0.1, -0.05) is 72.4 Å². The standard InChI is InChI=1S/C17H23N.C2H6/c1-7-14(12-16(3,4)8-2)15-13-17(5,6)10-9-11-18-15;1-2/h7-13H,1-2H2,3-6H3;1-2H3/b14-12+;. The molecule has 0 amide bonds. The van der Waals surface area contributed by atoms with Gasteiger partial charge in [0.25, 0.3) is 0 Å². The van der Waals surface area contributed by atoms with Gasteiger partial charge in [-0.2, -0.15) is 0 Å². The summed E-state index contributed by atoms with van der Waals surface area (Å²) in [5.41, 5.74) is 1.96. The molecule has 1 nitrogen and oxygen atoms in total. The Morgan fingerprint density at radius 3 is 2.35 bits per heavy atom. The normalized spacial score (nSPS) is 17.5. The molecule has 0 aromatic rings. The monoisotopic (exact) mass is 271 g/mol. The minimum absolute atomic E-state index is 0.00621. The van der Waals surface area contributed by atoms with Gasteiger partial charge in [-0.05, 0) is 17.7 Å². The first-order valence-electron chi connectivity index (χ1n) is 7.24. The molecule has 0 aromatic carbocycles. The molecular formula is C19H29N. The van der Waals surface area contributed by atoms with Crippen LogP contribution in [-0.2, 0) is 0 Å². The van der Waals surface area contributed by atoms with Crippen molar-refractivity contribution in [2.45, 2.75) is 41.5 Å². The molecule has 1 heterocycles. The van der Waals surface area contributed by atoms with Crippen molar-refractivity contribution < 1.29 is 0 Å². The zero-order valence-electron chi connectivity index (χ0n) is 13.9. The molecule has 0 aliphatic carbocycles.